The summed E-state index contributed by atoms with van der Waals surface area (Å²) in [6, 6.07) is 39.2. The first-order valence-electron chi connectivity index (χ1n) is 15.7. The van der Waals surface area contributed by atoms with Crippen molar-refractivity contribution < 1.29 is 13.2 Å². The summed E-state index contributed by atoms with van der Waals surface area (Å²) in [5, 5.41) is 52.9. The lowest BCUT2D eigenvalue weighted by molar-refractivity contribution is -0.137. The van der Waals surface area contributed by atoms with Gasteiger partial charge in [0.1, 0.15) is 0 Å². The molecule has 52 heavy (non-hydrogen) atoms. The third kappa shape index (κ3) is 4.79. The summed E-state index contributed by atoms with van der Waals surface area (Å²) in [5.41, 5.74) is 3.73. The molecule has 0 unspecified atom stereocenters. The molecule has 10 heteroatoms. The fraction of sp³-hybridized carbons (Fsp3) is 0.0238. The van der Waals surface area contributed by atoms with Crippen LogP contribution in [-0.4, -0.2) is 9.13 Å². The second-order valence-corrected chi connectivity index (χ2v) is 12.1. The lowest BCUT2D eigenvalue weighted by Gasteiger charge is -2.21. The third-order valence-corrected chi connectivity index (χ3v) is 9.24. The monoisotopic (exact) mass is 677 g/mol. The van der Waals surface area contributed by atoms with E-state index in [1.165, 1.54) is 6.07 Å². The highest BCUT2D eigenvalue weighted by atomic mass is 19.4. The molecule has 0 fully saturated rings. The Morgan fingerprint density at radius 1 is 0.423 bits per heavy atom. The zero-order valence-electron chi connectivity index (χ0n) is 26.7. The van der Waals surface area contributed by atoms with Crippen LogP contribution in [0.5, 0.6) is 0 Å². The smallest absolute Gasteiger partial charge is 0.308 e. The molecular formula is C42H18F3N7. The topological polar surface area (TPSA) is 129 Å². The van der Waals surface area contributed by atoms with Crippen LogP contribution in [0.3, 0.4) is 0 Å². The number of aromatic nitrogens is 2. The lowest BCUT2D eigenvalue weighted by Crippen LogP contribution is -2.07. The normalized spacial score (nSPS) is 11.3. The number of hydrogen-bond donors (Lipinski definition) is 0. The summed E-state index contributed by atoms with van der Waals surface area (Å²) in [5.74, 6) is 0. The van der Waals surface area contributed by atoms with Gasteiger partial charge in [-0.3, -0.25) is 0 Å². The number of alkyl halides is 3. The molecule has 0 amide bonds. The second-order valence-electron chi connectivity index (χ2n) is 12.1. The van der Waals surface area contributed by atoms with Gasteiger partial charge in [-0.1, -0.05) is 36.4 Å². The zero-order chi connectivity index (χ0) is 36.3. The molecule has 242 valence electrons. The van der Waals surface area contributed by atoms with Gasteiger partial charge in [-0.25, -0.2) is 0 Å². The van der Waals surface area contributed by atoms with Gasteiger partial charge < -0.3 is 9.13 Å². The Kier molecular flexibility index (Phi) is 7.04. The number of hydrogen-bond acceptors (Lipinski definition) is 5. The largest absolute Gasteiger partial charge is 0.416 e. The van der Waals surface area contributed by atoms with Crippen molar-refractivity contribution in [1.82, 2.24) is 9.13 Å². The van der Waals surface area contributed by atoms with Crippen molar-refractivity contribution >= 4 is 43.6 Å². The number of nitriles is 5. The van der Waals surface area contributed by atoms with Crippen LogP contribution in [0.25, 0.3) is 66.1 Å². The molecule has 7 nitrogen and oxygen atoms in total. The molecule has 0 aliphatic heterocycles. The molecule has 2 heterocycles. The van der Waals surface area contributed by atoms with Gasteiger partial charge in [0, 0.05) is 27.1 Å². The summed E-state index contributed by atoms with van der Waals surface area (Å²) in [4.78, 5) is 0. The first-order valence-corrected chi connectivity index (χ1v) is 15.7. The van der Waals surface area contributed by atoms with E-state index in [4.69, 9.17) is 0 Å². The Hall–Kier alpha value is -7.84. The van der Waals surface area contributed by atoms with Crippen LogP contribution < -0.4 is 0 Å². The third-order valence-electron chi connectivity index (χ3n) is 9.24. The van der Waals surface area contributed by atoms with Crippen molar-refractivity contribution in [2.75, 3.05) is 0 Å². The van der Waals surface area contributed by atoms with Gasteiger partial charge in [-0.15, -0.1) is 0 Å². The predicted molar refractivity (Wildman–Crippen MR) is 189 cm³/mol. The number of benzene rings is 6. The quantitative estimate of drug-likeness (QED) is 0.184. The summed E-state index contributed by atoms with van der Waals surface area (Å²) in [6.07, 6.45) is -4.69. The van der Waals surface area contributed by atoms with Crippen molar-refractivity contribution in [3.63, 3.8) is 0 Å². The van der Waals surface area contributed by atoms with Gasteiger partial charge in [0.2, 0.25) is 0 Å². The summed E-state index contributed by atoms with van der Waals surface area (Å²) in [6.45, 7) is 0. The number of rotatable bonds is 3. The fourth-order valence-corrected chi connectivity index (χ4v) is 7.01. The van der Waals surface area contributed by atoms with Gasteiger partial charge in [-0.2, -0.15) is 39.5 Å². The van der Waals surface area contributed by atoms with Crippen LogP contribution in [0.2, 0.25) is 0 Å². The molecule has 8 aromatic rings. The molecule has 0 bridgehead atoms. The Morgan fingerprint density at radius 2 is 0.788 bits per heavy atom. The lowest BCUT2D eigenvalue weighted by atomic mass is 9.96. The van der Waals surface area contributed by atoms with Crippen LogP contribution in [0.1, 0.15) is 33.4 Å². The first-order chi connectivity index (χ1) is 25.2. The maximum absolute atomic E-state index is 14.3. The van der Waals surface area contributed by atoms with E-state index in [9.17, 15) is 39.5 Å². The summed E-state index contributed by atoms with van der Waals surface area (Å²) < 4.78 is 46.6. The van der Waals surface area contributed by atoms with E-state index in [1.807, 2.05) is 0 Å². The van der Waals surface area contributed by atoms with E-state index in [0.717, 1.165) is 12.1 Å². The van der Waals surface area contributed by atoms with Crippen LogP contribution in [0.4, 0.5) is 13.2 Å². The molecule has 8 rings (SSSR count). The van der Waals surface area contributed by atoms with Crippen molar-refractivity contribution in [1.29, 1.82) is 26.3 Å². The number of halogens is 3. The minimum atomic E-state index is -4.69. The minimum Gasteiger partial charge on any atom is -0.308 e. The van der Waals surface area contributed by atoms with Crippen LogP contribution >= 0.6 is 0 Å². The van der Waals surface area contributed by atoms with E-state index in [1.54, 1.807) is 100 Å². The van der Waals surface area contributed by atoms with Crippen molar-refractivity contribution in [3.05, 3.63) is 143 Å². The zero-order valence-corrected chi connectivity index (χ0v) is 26.7. The van der Waals surface area contributed by atoms with Crippen LogP contribution in [0, 0.1) is 56.7 Å². The second kappa shape index (κ2) is 11.6. The molecule has 0 radical (unpaired) electrons. The van der Waals surface area contributed by atoms with E-state index in [-0.39, 0.29) is 16.7 Å². The predicted octanol–water partition coefficient (Wildman–Crippen LogP) is 9.92. The molecule has 0 spiro atoms. The van der Waals surface area contributed by atoms with Gasteiger partial charge in [0.15, 0.2) is 0 Å². The fourth-order valence-electron chi connectivity index (χ4n) is 7.01. The average molecular weight is 678 g/mol. The van der Waals surface area contributed by atoms with Crippen molar-refractivity contribution in [2.24, 2.45) is 0 Å². The van der Waals surface area contributed by atoms with E-state index in [2.05, 4.69) is 30.3 Å². The SMILES string of the molecule is N#Cc1cc(-n2c3cc(C#N)ccc3c3ccc(C#N)cc32)c(-c2cccc(C(F)(F)F)c2)c(-n2c3cc(C#N)ccc3c3ccc(C#N)cc32)c1. The highest BCUT2D eigenvalue weighted by Crippen LogP contribution is 2.44. The molecular weight excluding hydrogens is 660 g/mol. The maximum atomic E-state index is 14.3. The van der Waals surface area contributed by atoms with Crippen LogP contribution in [0.15, 0.2) is 109 Å². The first kappa shape index (κ1) is 31.4. The highest BCUT2D eigenvalue weighted by Gasteiger charge is 2.32. The van der Waals surface area contributed by atoms with Gasteiger partial charge in [0.25, 0.3) is 0 Å². The molecule has 0 saturated heterocycles. The Bertz CT molecular complexity index is 2760. The molecule has 0 saturated carbocycles. The van der Waals surface area contributed by atoms with E-state index >= 15 is 0 Å². The number of fused-ring (bicyclic) bond motifs is 6. The standard InChI is InChI=1S/C42H18F3N7/c43-42(44,45)30-3-1-2-29(18-30)41-39(51-35-12-24(19-46)4-8-31(35)32-9-5-25(20-47)13-36(32)51)16-28(23-50)17-40(41)52-37-14-26(21-48)6-10-33(37)34-11-7-27(22-49)15-38(34)52/h1-18H. The highest BCUT2D eigenvalue weighted by molar-refractivity contribution is 6.12. The Morgan fingerprint density at radius 3 is 1.12 bits per heavy atom. The van der Waals surface area contributed by atoms with Gasteiger partial charge in [-0.05, 0) is 78.4 Å². The van der Waals surface area contributed by atoms with E-state index in [0.29, 0.717) is 77.2 Å². The van der Waals surface area contributed by atoms with Crippen molar-refractivity contribution in [2.45, 2.75) is 6.18 Å². The van der Waals surface area contributed by atoms with E-state index < -0.39 is 11.7 Å². The summed E-state index contributed by atoms with van der Waals surface area (Å²) in [7, 11) is 0. The van der Waals surface area contributed by atoms with Gasteiger partial charge >= 0.3 is 6.18 Å². The van der Waals surface area contributed by atoms with Crippen LogP contribution in [-0.2, 0) is 6.18 Å². The Labute approximate surface area is 293 Å². The summed E-state index contributed by atoms with van der Waals surface area (Å²) >= 11 is 0. The molecule has 0 atom stereocenters. The average Bonchev–Trinajstić information content (AvgIpc) is 3.67. The van der Waals surface area contributed by atoms with Gasteiger partial charge in [0.05, 0.1) is 97.2 Å². The molecule has 0 aliphatic carbocycles. The molecule has 0 aliphatic rings. The van der Waals surface area contributed by atoms with Crippen molar-refractivity contribution in [3.8, 4) is 52.8 Å². The number of nitrogens with zero attached hydrogens (tertiary/aromatic N) is 7. The molecule has 0 N–H and O–H groups in total. The maximum Gasteiger partial charge on any atom is 0.416 e. The molecule has 2 aromatic heterocycles. The Balaban J connectivity index is 1.64. The molecule has 6 aromatic carbocycles. The minimum absolute atomic E-state index is 0.159.